The van der Waals surface area contributed by atoms with Crippen molar-refractivity contribution in [3.63, 3.8) is 0 Å². The Morgan fingerprint density at radius 2 is 1.97 bits per heavy atom. The second-order valence-corrected chi connectivity index (χ2v) is 7.42. The SMILES string of the molecule is O=C(/C=C/CCCC(COc1cccc2ccccc12)C(O)N1CCOCC1)NO. The van der Waals surface area contributed by atoms with Crippen LogP contribution in [0.15, 0.2) is 54.6 Å². The molecule has 3 rings (SSSR count). The van der Waals surface area contributed by atoms with E-state index in [4.69, 9.17) is 14.7 Å². The van der Waals surface area contributed by atoms with Gasteiger partial charge in [-0.2, -0.15) is 0 Å². The van der Waals surface area contributed by atoms with Crippen molar-refractivity contribution in [3.8, 4) is 5.75 Å². The van der Waals surface area contributed by atoms with Gasteiger partial charge >= 0.3 is 0 Å². The van der Waals surface area contributed by atoms with E-state index in [1.54, 1.807) is 11.6 Å². The molecule has 0 spiro atoms. The van der Waals surface area contributed by atoms with Crippen molar-refractivity contribution in [2.75, 3.05) is 32.9 Å². The van der Waals surface area contributed by atoms with E-state index in [0.717, 1.165) is 29.4 Å². The van der Waals surface area contributed by atoms with Crippen molar-refractivity contribution < 1.29 is 24.6 Å². The Labute approximate surface area is 176 Å². The molecule has 2 aromatic rings. The van der Waals surface area contributed by atoms with Crippen LogP contribution in [0, 0.1) is 5.92 Å². The van der Waals surface area contributed by atoms with Gasteiger partial charge in [0, 0.05) is 30.5 Å². The number of aliphatic hydroxyl groups excluding tert-OH is 1. The van der Waals surface area contributed by atoms with Gasteiger partial charge in [0.2, 0.25) is 0 Å². The third-order valence-electron chi connectivity index (χ3n) is 5.37. The van der Waals surface area contributed by atoms with E-state index >= 15 is 0 Å². The van der Waals surface area contributed by atoms with Crippen molar-refractivity contribution >= 4 is 16.7 Å². The maximum Gasteiger partial charge on any atom is 0.267 e. The number of unbranched alkanes of at least 4 members (excludes halogenated alkanes) is 1. The summed E-state index contributed by atoms with van der Waals surface area (Å²) in [7, 11) is 0. The molecule has 3 N–H and O–H groups in total. The number of fused-ring (bicyclic) bond motifs is 1. The maximum absolute atomic E-state index is 11.1. The first kappa shape index (κ1) is 22.2. The zero-order chi connectivity index (χ0) is 21.2. The average Bonchev–Trinajstić information content (AvgIpc) is 2.80. The van der Waals surface area contributed by atoms with Crippen LogP contribution in [0.1, 0.15) is 19.3 Å². The van der Waals surface area contributed by atoms with Crippen LogP contribution in [0.3, 0.4) is 0 Å². The summed E-state index contributed by atoms with van der Waals surface area (Å²) in [6, 6.07) is 14.1. The number of nitrogens with one attached hydrogen (secondary N) is 1. The molecule has 0 saturated carbocycles. The standard InChI is InChI=1S/C23H30N2O5/c26-22(24-28)12-3-1-2-8-19(23(27)25-13-15-29-16-14-25)17-30-21-11-6-9-18-7-4-5-10-20(18)21/h3-7,9-12,19,23,27-28H,1-2,8,13-17H2,(H,24,26)/b12-3+. The molecule has 2 atom stereocenters. The summed E-state index contributed by atoms with van der Waals surface area (Å²) in [6.07, 6.45) is 4.62. The van der Waals surface area contributed by atoms with Crippen molar-refractivity contribution in [3.05, 3.63) is 54.6 Å². The molecule has 1 saturated heterocycles. The molecule has 0 bridgehead atoms. The molecule has 1 heterocycles. The molecular formula is C23H30N2O5. The highest BCUT2D eigenvalue weighted by Gasteiger charge is 2.27. The summed E-state index contributed by atoms with van der Waals surface area (Å²) < 4.78 is 11.6. The summed E-state index contributed by atoms with van der Waals surface area (Å²) >= 11 is 0. The monoisotopic (exact) mass is 414 g/mol. The van der Waals surface area contributed by atoms with Gasteiger partial charge in [0.25, 0.3) is 5.91 Å². The number of rotatable bonds is 10. The molecule has 7 heteroatoms. The maximum atomic E-state index is 11.1. The summed E-state index contributed by atoms with van der Waals surface area (Å²) in [6.45, 7) is 3.03. The molecular weight excluding hydrogens is 384 g/mol. The molecule has 30 heavy (non-hydrogen) atoms. The van der Waals surface area contributed by atoms with E-state index in [2.05, 4.69) is 12.1 Å². The van der Waals surface area contributed by atoms with Gasteiger partial charge in [-0.15, -0.1) is 0 Å². The number of hydrogen-bond donors (Lipinski definition) is 3. The fourth-order valence-corrected chi connectivity index (χ4v) is 3.70. The number of benzene rings is 2. The molecule has 0 aromatic heterocycles. The van der Waals surface area contributed by atoms with Crippen LogP contribution < -0.4 is 10.2 Å². The molecule has 2 aromatic carbocycles. The van der Waals surface area contributed by atoms with Crippen LogP contribution in [0.5, 0.6) is 5.75 Å². The van der Waals surface area contributed by atoms with E-state index in [1.165, 1.54) is 6.08 Å². The number of hydroxylamine groups is 1. The first-order chi connectivity index (χ1) is 14.7. The van der Waals surface area contributed by atoms with Crippen molar-refractivity contribution in [1.29, 1.82) is 0 Å². The van der Waals surface area contributed by atoms with Crippen molar-refractivity contribution in [1.82, 2.24) is 10.4 Å². The molecule has 0 radical (unpaired) electrons. The lowest BCUT2D eigenvalue weighted by atomic mass is 9.99. The molecule has 7 nitrogen and oxygen atoms in total. The van der Waals surface area contributed by atoms with Crippen LogP contribution in [-0.4, -0.2) is 60.3 Å². The van der Waals surface area contributed by atoms with Crippen LogP contribution in [-0.2, 0) is 9.53 Å². The second-order valence-electron chi connectivity index (χ2n) is 7.42. The number of ether oxygens (including phenoxy) is 2. The van der Waals surface area contributed by atoms with Gasteiger partial charge in [-0.3, -0.25) is 14.9 Å². The van der Waals surface area contributed by atoms with Crippen molar-refractivity contribution in [2.24, 2.45) is 5.92 Å². The van der Waals surface area contributed by atoms with Gasteiger partial charge in [-0.1, -0.05) is 42.5 Å². The predicted molar refractivity (Wildman–Crippen MR) is 114 cm³/mol. The quantitative estimate of drug-likeness (QED) is 0.240. The van der Waals surface area contributed by atoms with Gasteiger partial charge in [0.1, 0.15) is 12.0 Å². The second kappa shape index (κ2) is 11.7. The van der Waals surface area contributed by atoms with Crippen LogP contribution in [0.4, 0.5) is 0 Å². The molecule has 1 amide bonds. The lowest BCUT2D eigenvalue weighted by Crippen LogP contribution is -2.48. The van der Waals surface area contributed by atoms with E-state index in [1.807, 2.05) is 35.2 Å². The molecule has 162 valence electrons. The fourth-order valence-electron chi connectivity index (χ4n) is 3.70. The Kier molecular flexibility index (Phi) is 8.65. The molecule has 1 aliphatic heterocycles. The number of carbonyl (C=O) groups is 1. The molecule has 1 aliphatic rings. The third kappa shape index (κ3) is 6.27. The lowest BCUT2D eigenvalue weighted by Gasteiger charge is -2.35. The highest BCUT2D eigenvalue weighted by molar-refractivity contribution is 5.88. The fraction of sp³-hybridized carbons (Fsp3) is 0.435. The largest absolute Gasteiger partial charge is 0.492 e. The summed E-state index contributed by atoms with van der Waals surface area (Å²) in [5.41, 5.74) is 1.57. The van der Waals surface area contributed by atoms with E-state index in [0.29, 0.717) is 39.3 Å². The molecule has 1 fully saturated rings. The lowest BCUT2D eigenvalue weighted by molar-refractivity contribution is -0.124. The zero-order valence-electron chi connectivity index (χ0n) is 17.1. The van der Waals surface area contributed by atoms with Crippen LogP contribution in [0.2, 0.25) is 0 Å². The highest BCUT2D eigenvalue weighted by atomic mass is 16.5. The number of morpholine rings is 1. The summed E-state index contributed by atoms with van der Waals surface area (Å²) in [5.74, 6) is 0.188. The topological polar surface area (TPSA) is 91.3 Å². The Morgan fingerprint density at radius 1 is 1.20 bits per heavy atom. The zero-order valence-corrected chi connectivity index (χ0v) is 17.1. The van der Waals surface area contributed by atoms with Gasteiger partial charge in [0.05, 0.1) is 19.8 Å². The highest BCUT2D eigenvalue weighted by Crippen LogP contribution is 2.27. The molecule has 0 aliphatic carbocycles. The van der Waals surface area contributed by atoms with E-state index in [-0.39, 0.29) is 5.92 Å². The minimum Gasteiger partial charge on any atom is -0.492 e. The first-order valence-electron chi connectivity index (χ1n) is 10.4. The Bertz CT molecular complexity index is 830. The normalized spacial score (nSPS) is 17.1. The Hall–Kier alpha value is -2.45. The number of allylic oxidation sites excluding steroid dienone is 1. The van der Waals surface area contributed by atoms with Crippen LogP contribution in [0.25, 0.3) is 10.8 Å². The minimum absolute atomic E-state index is 0.0814. The van der Waals surface area contributed by atoms with E-state index in [9.17, 15) is 9.90 Å². The Balaban J connectivity index is 1.63. The number of carbonyl (C=O) groups excluding carboxylic acids is 1. The van der Waals surface area contributed by atoms with Gasteiger partial charge in [0.15, 0.2) is 0 Å². The summed E-state index contributed by atoms with van der Waals surface area (Å²) in [4.78, 5) is 13.1. The van der Waals surface area contributed by atoms with Crippen molar-refractivity contribution in [2.45, 2.75) is 25.5 Å². The smallest absolute Gasteiger partial charge is 0.267 e. The van der Waals surface area contributed by atoms with Crippen LogP contribution >= 0.6 is 0 Å². The third-order valence-corrected chi connectivity index (χ3v) is 5.37. The predicted octanol–water partition coefficient (Wildman–Crippen LogP) is 2.72. The number of amides is 1. The number of aliphatic hydroxyl groups is 1. The summed E-state index contributed by atoms with van der Waals surface area (Å²) in [5, 5.41) is 21.7. The first-order valence-corrected chi connectivity index (χ1v) is 10.4. The number of hydrogen-bond acceptors (Lipinski definition) is 6. The van der Waals surface area contributed by atoms with Gasteiger partial charge in [-0.25, -0.2) is 5.48 Å². The van der Waals surface area contributed by atoms with Gasteiger partial charge in [-0.05, 0) is 30.7 Å². The van der Waals surface area contributed by atoms with E-state index < -0.39 is 12.1 Å². The number of nitrogens with zero attached hydrogens (tertiary/aromatic N) is 1. The van der Waals surface area contributed by atoms with Gasteiger partial charge < -0.3 is 14.6 Å². The average molecular weight is 415 g/mol. The Morgan fingerprint density at radius 3 is 2.77 bits per heavy atom. The molecule has 2 unspecified atom stereocenters. The minimum atomic E-state index is -0.617.